The molecule has 0 radical (unpaired) electrons. The van der Waals surface area contributed by atoms with E-state index in [9.17, 15) is 9.59 Å². The largest absolute Gasteiger partial charge is 0.354 e. The van der Waals surface area contributed by atoms with Crippen molar-refractivity contribution < 1.29 is 9.59 Å². The van der Waals surface area contributed by atoms with E-state index < -0.39 is 5.41 Å². The number of urea groups is 1. The molecule has 0 atom stereocenters. The van der Waals surface area contributed by atoms with E-state index in [4.69, 9.17) is 5.73 Å². The van der Waals surface area contributed by atoms with Gasteiger partial charge in [0.15, 0.2) is 0 Å². The van der Waals surface area contributed by atoms with E-state index in [0.717, 1.165) is 25.7 Å². The second-order valence-corrected chi connectivity index (χ2v) is 5.78. The summed E-state index contributed by atoms with van der Waals surface area (Å²) in [5.74, 6) is 0.0426. The van der Waals surface area contributed by atoms with Crippen LogP contribution in [-0.4, -0.2) is 50.6 Å². The Labute approximate surface area is 121 Å². The topological polar surface area (TPSA) is 87.5 Å². The van der Waals surface area contributed by atoms with Crippen molar-refractivity contribution in [2.75, 3.05) is 33.7 Å². The molecule has 0 unspecified atom stereocenters. The Morgan fingerprint density at radius 1 is 1.05 bits per heavy atom. The van der Waals surface area contributed by atoms with Crippen LogP contribution >= 0.6 is 0 Å². The first kappa shape index (κ1) is 16.8. The Morgan fingerprint density at radius 2 is 1.60 bits per heavy atom. The summed E-state index contributed by atoms with van der Waals surface area (Å²) in [6.45, 7) is 1.28. The van der Waals surface area contributed by atoms with Crippen molar-refractivity contribution in [1.82, 2.24) is 15.5 Å². The highest BCUT2D eigenvalue weighted by molar-refractivity contribution is 5.83. The van der Waals surface area contributed by atoms with Crippen LogP contribution in [0.1, 0.15) is 38.5 Å². The molecule has 20 heavy (non-hydrogen) atoms. The summed E-state index contributed by atoms with van der Waals surface area (Å²) in [4.78, 5) is 25.2. The Bertz CT molecular complexity index is 323. The molecule has 1 aliphatic carbocycles. The fraction of sp³-hybridized carbons (Fsp3) is 0.857. The molecular weight excluding hydrogens is 256 g/mol. The van der Waals surface area contributed by atoms with Crippen molar-refractivity contribution in [2.24, 2.45) is 11.1 Å². The molecule has 1 saturated carbocycles. The predicted molar refractivity (Wildman–Crippen MR) is 79.3 cm³/mol. The third-order valence-corrected chi connectivity index (χ3v) is 4.03. The van der Waals surface area contributed by atoms with Crippen molar-refractivity contribution in [3.63, 3.8) is 0 Å². The molecule has 0 aliphatic heterocycles. The summed E-state index contributed by atoms with van der Waals surface area (Å²) in [7, 11) is 3.37. The summed E-state index contributed by atoms with van der Waals surface area (Å²) in [5.41, 5.74) is 5.46. The lowest BCUT2D eigenvalue weighted by atomic mass is 9.79. The predicted octanol–water partition coefficient (Wildman–Crippen LogP) is 0.673. The van der Waals surface area contributed by atoms with Crippen LogP contribution < -0.4 is 16.4 Å². The molecule has 0 saturated heterocycles. The van der Waals surface area contributed by atoms with Gasteiger partial charge in [-0.15, -0.1) is 0 Å². The smallest absolute Gasteiger partial charge is 0.316 e. The lowest BCUT2D eigenvalue weighted by molar-refractivity contribution is -0.131. The number of nitrogens with one attached hydrogen (secondary N) is 2. The molecule has 0 bridgehead atoms. The van der Waals surface area contributed by atoms with Gasteiger partial charge in [0.2, 0.25) is 5.91 Å². The average molecular weight is 284 g/mol. The molecule has 4 N–H and O–H groups in total. The third kappa shape index (κ3) is 4.67. The van der Waals surface area contributed by atoms with Crippen molar-refractivity contribution in [3.8, 4) is 0 Å². The van der Waals surface area contributed by atoms with E-state index in [1.54, 1.807) is 14.1 Å². The van der Waals surface area contributed by atoms with Crippen LogP contribution in [0.25, 0.3) is 0 Å². The van der Waals surface area contributed by atoms with E-state index in [2.05, 4.69) is 10.6 Å². The van der Waals surface area contributed by atoms with Gasteiger partial charge in [-0.05, 0) is 12.8 Å². The van der Waals surface area contributed by atoms with E-state index in [1.165, 1.54) is 17.7 Å². The Balaban J connectivity index is 2.38. The second kappa shape index (κ2) is 8.09. The number of carbonyl (C=O) groups is 2. The minimum atomic E-state index is -0.401. The maximum Gasteiger partial charge on any atom is 0.316 e. The molecule has 1 fully saturated rings. The van der Waals surface area contributed by atoms with Crippen LogP contribution in [0.4, 0.5) is 4.79 Å². The molecule has 3 amide bonds. The van der Waals surface area contributed by atoms with Gasteiger partial charge in [-0.2, -0.15) is 0 Å². The van der Waals surface area contributed by atoms with Gasteiger partial charge < -0.3 is 21.3 Å². The fourth-order valence-corrected chi connectivity index (χ4v) is 2.62. The number of nitrogens with zero attached hydrogens (tertiary/aromatic N) is 1. The molecule has 0 aromatic rings. The molecule has 0 aromatic heterocycles. The minimum Gasteiger partial charge on any atom is -0.354 e. The first-order valence-corrected chi connectivity index (χ1v) is 7.45. The third-order valence-electron chi connectivity index (χ3n) is 4.03. The van der Waals surface area contributed by atoms with Crippen molar-refractivity contribution in [3.05, 3.63) is 0 Å². The second-order valence-electron chi connectivity index (χ2n) is 5.78. The molecule has 0 heterocycles. The summed E-state index contributed by atoms with van der Waals surface area (Å²) in [6.07, 6.45) is 6.27. The highest BCUT2D eigenvalue weighted by Crippen LogP contribution is 2.34. The van der Waals surface area contributed by atoms with E-state index in [1.807, 2.05) is 0 Å². The zero-order chi connectivity index (χ0) is 15.0. The molecule has 6 nitrogen and oxygen atoms in total. The van der Waals surface area contributed by atoms with Crippen LogP contribution in [0.15, 0.2) is 0 Å². The highest BCUT2D eigenvalue weighted by Gasteiger charge is 2.36. The zero-order valence-electron chi connectivity index (χ0n) is 12.7. The molecule has 6 heteroatoms. The standard InChI is InChI=1S/C14H28N4O2/c1-18(2)13(20)17-10-9-16-12(19)14(11-15)7-5-3-4-6-8-14/h3-11,15H2,1-2H3,(H,16,19)(H,17,20). The van der Waals surface area contributed by atoms with Crippen molar-refractivity contribution in [2.45, 2.75) is 38.5 Å². The average Bonchev–Trinajstić information content (AvgIpc) is 2.69. The minimum absolute atomic E-state index is 0.0426. The number of nitrogens with two attached hydrogens (primary N) is 1. The monoisotopic (exact) mass is 284 g/mol. The highest BCUT2D eigenvalue weighted by atomic mass is 16.2. The summed E-state index contributed by atoms with van der Waals surface area (Å²) < 4.78 is 0. The molecule has 0 aromatic carbocycles. The van der Waals surface area contributed by atoms with Gasteiger partial charge in [0.05, 0.1) is 5.41 Å². The van der Waals surface area contributed by atoms with Gasteiger partial charge in [0.25, 0.3) is 0 Å². The van der Waals surface area contributed by atoms with Gasteiger partial charge in [0, 0.05) is 33.7 Å². The van der Waals surface area contributed by atoms with Crippen molar-refractivity contribution >= 4 is 11.9 Å². The van der Waals surface area contributed by atoms with Gasteiger partial charge in [-0.25, -0.2) is 4.79 Å². The van der Waals surface area contributed by atoms with E-state index in [0.29, 0.717) is 19.6 Å². The summed E-state index contributed by atoms with van der Waals surface area (Å²) in [5, 5.41) is 5.64. The van der Waals surface area contributed by atoms with E-state index >= 15 is 0 Å². The summed E-state index contributed by atoms with van der Waals surface area (Å²) in [6, 6.07) is -0.151. The lowest BCUT2D eigenvalue weighted by Gasteiger charge is -2.29. The zero-order valence-corrected chi connectivity index (χ0v) is 12.7. The number of hydrogen-bond donors (Lipinski definition) is 3. The maximum absolute atomic E-state index is 12.4. The number of hydrogen-bond acceptors (Lipinski definition) is 3. The van der Waals surface area contributed by atoms with Gasteiger partial charge in [-0.1, -0.05) is 25.7 Å². The Morgan fingerprint density at radius 3 is 2.10 bits per heavy atom. The van der Waals surface area contributed by atoms with Crippen LogP contribution in [0.2, 0.25) is 0 Å². The molecule has 0 spiro atoms. The molecule has 1 aliphatic rings. The quantitative estimate of drug-likeness (QED) is 0.512. The van der Waals surface area contributed by atoms with Gasteiger partial charge >= 0.3 is 6.03 Å². The Kier molecular flexibility index (Phi) is 6.78. The number of amides is 3. The number of carbonyl (C=O) groups excluding carboxylic acids is 2. The van der Waals surface area contributed by atoms with Crippen LogP contribution in [-0.2, 0) is 4.79 Å². The van der Waals surface area contributed by atoms with Crippen LogP contribution in [0.3, 0.4) is 0 Å². The van der Waals surface area contributed by atoms with E-state index in [-0.39, 0.29) is 11.9 Å². The molecule has 1 rings (SSSR count). The number of rotatable bonds is 5. The first-order valence-electron chi connectivity index (χ1n) is 7.45. The van der Waals surface area contributed by atoms with Gasteiger partial charge in [0.1, 0.15) is 0 Å². The molecular formula is C14H28N4O2. The summed E-state index contributed by atoms with van der Waals surface area (Å²) >= 11 is 0. The normalized spacial score (nSPS) is 17.9. The fourth-order valence-electron chi connectivity index (χ4n) is 2.62. The van der Waals surface area contributed by atoms with Crippen molar-refractivity contribution in [1.29, 1.82) is 0 Å². The van der Waals surface area contributed by atoms with Crippen LogP contribution in [0, 0.1) is 5.41 Å². The Hall–Kier alpha value is -1.30. The maximum atomic E-state index is 12.4. The lowest BCUT2D eigenvalue weighted by Crippen LogP contribution is -2.48. The van der Waals surface area contributed by atoms with Gasteiger partial charge in [-0.3, -0.25) is 4.79 Å². The van der Waals surface area contributed by atoms with Crippen LogP contribution in [0.5, 0.6) is 0 Å². The molecule has 116 valence electrons. The first-order chi connectivity index (χ1) is 9.52. The SMILES string of the molecule is CN(C)C(=O)NCCNC(=O)C1(CN)CCCCCC1.